The van der Waals surface area contributed by atoms with Gasteiger partial charge in [0.2, 0.25) is 5.88 Å². The summed E-state index contributed by atoms with van der Waals surface area (Å²) in [5.74, 6) is 0.878. The Morgan fingerprint density at radius 1 is 1.17 bits per heavy atom. The van der Waals surface area contributed by atoms with Gasteiger partial charge in [0.15, 0.2) is 5.76 Å². The molecule has 1 fully saturated rings. The number of likely N-dealkylation sites (tertiary alicyclic amines) is 1. The van der Waals surface area contributed by atoms with Crippen molar-refractivity contribution in [1.29, 1.82) is 0 Å². The molecule has 0 aliphatic carbocycles. The van der Waals surface area contributed by atoms with Gasteiger partial charge in [-0.2, -0.15) is 0 Å². The van der Waals surface area contributed by atoms with Gasteiger partial charge in [-0.05, 0) is 24.3 Å². The van der Waals surface area contributed by atoms with Crippen LogP contribution in [0.5, 0.6) is 5.88 Å². The molecule has 5 heteroatoms. The Morgan fingerprint density at radius 3 is 2.96 bits per heavy atom. The molecule has 1 atom stereocenters. The molecule has 0 bridgehead atoms. The molecule has 1 unspecified atom stereocenters. The lowest BCUT2D eigenvalue weighted by atomic mass is 10.2. The van der Waals surface area contributed by atoms with Crippen molar-refractivity contribution < 1.29 is 13.9 Å². The van der Waals surface area contributed by atoms with E-state index in [2.05, 4.69) is 4.98 Å². The van der Waals surface area contributed by atoms with Crippen LogP contribution < -0.4 is 4.74 Å². The van der Waals surface area contributed by atoms with Crippen LogP contribution in [0.2, 0.25) is 0 Å². The summed E-state index contributed by atoms with van der Waals surface area (Å²) in [5, 5.41) is 1.08. The molecule has 1 amide bonds. The predicted octanol–water partition coefficient (Wildman–Crippen LogP) is 3.12. The number of furan rings is 1. The second-order valence-corrected chi connectivity index (χ2v) is 5.60. The van der Waals surface area contributed by atoms with Crippen LogP contribution in [0.25, 0.3) is 10.9 Å². The maximum atomic E-state index is 12.2. The fourth-order valence-electron chi connectivity index (χ4n) is 2.85. The largest absolute Gasteiger partial charge is 0.472 e. The van der Waals surface area contributed by atoms with E-state index in [-0.39, 0.29) is 12.0 Å². The number of pyridine rings is 1. The third-order valence-electron chi connectivity index (χ3n) is 4.02. The van der Waals surface area contributed by atoms with E-state index in [9.17, 15) is 4.79 Å². The number of carbonyl (C=O) groups excluding carboxylic acids is 1. The number of carbonyl (C=O) groups is 1. The van der Waals surface area contributed by atoms with Crippen LogP contribution in [0.1, 0.15) is 17.0 Å². The van der Waals surface area contributed by atoms with E-state index >= 15 is 0 Å². The van der Waals surface area contributed by atoms with E-state index in [0.29, 0.717) is 24.7 Å². The second-order valence-electron chi connectivity index (χ2n) is 5.60. The zero-order valence-corrected chi connectivity index (χ0v) is 12.5. The molecule has 3 aromatic rings. The molecular formula is C18H16N2O3. The van der Waals surface area contributed by atoms with Gasteiger partial charge in [-0.1, -0.05) is 18.2 Å². The third kappa shape index (κ3) is 2.77. The molecule has 0 saturated carbocycles. The molecule has 0 spiro atoms. The van der Waals surface area contributed by atoms with Gasteiger partial charge in [-0.25, -0.2) is 4.98 Å². The third-order valence-corrected chi connectivity index (χ3v) is 4.02. The van der Waals surface area contributed by atoms with Crippen LogP contribution in [0.3, 0.4) is 0 Å². The van der Waals surface area contributed by atoms with Gasteiger partial charge in [-0.15, -0.1) is 0 Å². The van der Waals surface area contributed by atoms with Gasteiger partial charge in [0, 0.05) is 24.4 Å². The summed E-state index contributed by atoms with van der Waals surface area (Å²) in [6.07, 6.45) is 2.26. The van der Waals surface area contributed by atoms with Crippen molar-refractivity contribution >= 4 is 16.8 Å². The quantitative estimate of drug-likeness (QED) is 0.746. The monoisotopic (exact) mass is 308 g/mol. The zero-order chi connectivity index (χ0) is 15.6. The summed E-state index contributed by atoms with van der Waals surface area (Å²) in [6, 6.07) is 15.2. The average Bonchev–Trinajstić information content (AvgIpc) is 3.26. The molecular weight excluding hydrogens is 292 g/mol. The lowest BCUT2D eigenvalue weighted by Gasteiger charge is -2.16. The first kappa shape index (κ1) is 13.8. The second kappa shape index (κ2) is 5.76. The van der Waals surface area contributed by atoms with E-state index < -0.39 is 0 Å². The van der Waals surface area contributed by atoms with Crippen molar-refractivity contribution in [1.82, 2.24) is 9.88 Å². The Labute approximate surface area is 133 Å². The number of para-hydroxylation sites is 1. The van der Waals surface area contributed by atoms with Crippen molar-refractivity contribution in [3.63, 3.8) is 0 Å². The minimum absolute atomic E-state index is 0.0393. The van der Waals surface area contributed by atoms with E-state index in [4.69, 9.17) is 9.15 Å². The van der Waals surface area contributed by atoms with Crippen molar-refractivity contribution in [2.45, 2.75) is 12.5 Å². The highest BCUT2D eigenvalue weighted by atomic mass is 16.5. The maximum Gasteiger partial charge on any atom is 0.289 e. The molecule has 0 radical (unpaired) electrons. The number of aromatic nitrogens is 1. The summed E-state index contributed by atoms with van der Waals surface area (Å²) in [7, 11) is 0. The number of fused-ring (bicyclic) bond motifs is 1. The number of benzene rings is 1. The van der Waals surface area contributed by atoms with Crippen LogP contribution in [0.15, 0.2) is 59.2 Å². The molecule has 23 heavy (non-hydrogen) atoms. The Balaban J connectivity index is 1.44. The van der Waals surface area contributed by atoms with Gasteiger partial charge in [0.25, 0.3) is 5.91 Å². The predicted molar refractivity (Wildman–Crippen MR) is 85.4 cm³/mol. The minimum Gasteiger partial charge on any atom is -0.472 e. The lowest BCUT2D eigenvalue weighted by molar-refractivity contribution is 0.0740. The van der Waals surface area contributed by atoms with Crippen molar-refractivity contribution in [3.8, 4) is 5.88 Å². The molecule has 0 N–H and O–H groups in total. The van der Waals surface area contributed by atoms with E-state index in [1.807, 2.05) is 36.4 Å². The molecule has 5 nitrogen and oxygen atoms in total. The molecule has 1 aliphatic heterocycles. The first-order valence-electron chi connectivity index (χ1n) is 7.65. The van der Waals surface area contributed by atoms with Crippen LogP contribution in [0.4, 0.5) is 0 Å². The van der Waals surface area contributed by atoms with Gasteiger partial charge in [-0.3, -0.25) is 4.79 Å². The number of ether oxygens (including phenoxy) is 1. The highest BCUT2D eigenvalue weighted by Crippen LogP contribution is 2.21. The Kier molecular flexibility index (Phi) is 3.46. The smallest absolute Gasteiger partial charge is 0.289 e. The van der Waals surface area contributed by atoms with Crippen LogP contribution in [-0.4, -0.2) is 35.0 Å². The number of rotatable bonds is 3. The number of hydrogen-bond donors (Lipinski definition) is 0. The van der Waals surface area contributed by atoms with Gasteiger partial charge < -0.3 is 14.1 Å². The van der Waals surface area contributed by atoms with E-state index in [1.165, 1.54) is 6.26 Å². The molecule has 1 aliphatic rings. The summed E-state index contributed by atoms with van der Waals surface area (Å²) < 4.78 is 11.1. The number of hydrogen-bond acceptors (Lipinski definition) is 4. The molecule has 2 aromatic heterocycles. The molecule has 116 valence electrons. The normalized spacial score (nSPS) is 17.6. The van der Waals surface area contributed by atoms with Gasteiger partial charge in [0.05, 0.1) is 18.3 Å². The summed E-state index contributed by atoms with van der Waals surface area (Å²) in [6.45, 7) is 1.21. The van der Waals surface area contributed by atoms with Crippen LogP contribution in [0, 0.1) is 0 Å². The van der Waals surface area contributed by atoms with Crippen LogP contribution in [-0.2, 0) is 0 Å². The first-order valence-corrected chi connectivity index (χ1v) is 7.65. The SMILES string of the molecule is O=C(c1ccco1)N1CCC(Oc2ccc3ccccc3n2)C1. The average molecular weight is 308 g/mol. The lowest BCUT2D eigenvalue weighted by Crippen LogP contribution is -2.30. The Hall–Kier alpha value is -2.82. The highest BCUT2D eigenvalue weighted by Gasteiger charge is 2.29. The Morgan fingerprint density at radius 2 is 2.09 bits per heavy atom. The zero-order valence-electron chi connectivity index (χ0n) is 12.5. The maximum absolute atomic E-state index is 12.2. The fourth-order valence-corrected chi connectivity index (χ4v) is 2.85. The standard InChI is InChI=1S/C18H16N2O3/c21-18(16-6-3-11-22-16)20-10-9-14(12-20)23-17-8-7-13-4-1-2-5-15(13)19-17/h1-8,11,14H,9-10,12H2. The topological polar surface area (TPSA) is 55.6 Å². The van der Waals surface area contributed by atoms with Gasteiger partial charge >= 0.3 is 0 Å². The molecule has 4 rings (SSSR count). The van der Waals surface area contributed by atoms with Crippen molar-refractivity contribution in [2.75, 3.05) is 13.1 Å². The summed E-state index contributed by atoms with van der Waals surface area (Å²) in [4.78, 5) is 18.5. The fraction of sp³-hybridized carbons (Fsp3) is 0.222. The molecule has 1 aromatic carbocycles. The minimum atomic E-state index is -0.0902. The number of amides is 1. The summed E-state index contributed by atoms with van der Waals surface area (Å²) in [5.41, 5.74) is 0.909. The molecule has 3 heterocycles. The van der Waals surface area contributed by atoms with Crippen molar-refractivity contribution in [3.05, 3.63) is 60.6 Å². The molecule has 1 saturated heterocycles. The number of nitrogens with zero attached hydrogens (tertiary/aromatic N) is 2. The first-order chi connectivity index (χ1) is 11.3. The van der Waals surface area contributed by atoms with Gasteiger partial charge in [0.1, 0.15) is 6.10 Å². The van der Waals surface area contributed by atoms with E-state index in [0.717, 1.165) is 17.3 Å². The van der Waals surface area contributed by atoms with E-state index in [1.54, 1.807) is 17.0 Å². The summed E-state index contributed by atoms with van der Waals surface area (Å²) >= 11 is 0. The Bertz CT molecular complexity index is 829. The van der Waals surface area contributed by atoms with Crippen LogP contribution >= 0.6 is 0 Å². The van der Waals surface area contributed by atoms with Crippen molar-refractivity contribution in [2.24, 2.45) is 0 Å². The highest BCUT2D eigenvalue weighted by molar-refractivity contribution is 5.91.